The van der Waals surface area contributed by atoms with Crippen LogP contribution in [-0.4, -0.2) is 14.9 Å². The van der Waals surface area contributed by atoms with E-state index in [9.17, 15) is 5.11 Å². The van der Waals surface area contributed by atoms with Gasteiger partial charge in [-0.15, -0.1) is 11.3 Å². The van der Waals surface area contributed by atoms with Crippen molar-refractivity contribution in [3.8, 4) is 0 Å². The molecule has 2 aromatic rings. The summed E-state index contributed by atoms with van der Waals surface area (Å²) < 4.78 is 1.77. The van der Waals surface area contributed by atoms with Gasteiger partial charge in [-0.2, -0.15) is 5.10 Å². The second-order valence-corrected chi connectivity index (χ2v) is 7.04. The summed E-state index contributed by atoms with van der Waals surface area (Å²) in [5.41, 5.74) is 3.16. The van der Waals surface area contributed by atoms with Gasteiger partial charge < -0.3 is 5.11 Å². The molecule has 1 aliphatic carbocycles. The van der Waals surface area contributed by atoms with Gasteiger partial charge in [0.15, 0.2) is 0 Å². The van der Waals surface area contributed by atoms with Crippen LogP contribution in [0.2, 0.25) is 5.02 Å². The highest BCUT2D eigenvalue weighted by Gasteiger charge is 2.21. The van der Waals surface area contributed by atoms with Crippen molar-refractivity contribution < 1.29 is 5.11 Å². The lowest BCUT2D eigenvalue weighted by molar-refractivity contribution is 0.179. The van der Waals surface area contributed by atoms with Crippen LogP contribution in [0.4, 0.5) is 0 Å². The first-order valence-corrected chi connectivity index (χ1v) is 8.23. The molecule has 108 valence electrons. The average molecular weight is 311 g/mol. The third-order valence-corrected chi connectivity index (χ3v) is 5.82. The van der Waals surface area contributed by atoms with Crippen LogP contribution < -0.4 is 0 Å². The van der Waals surface area contributed by atoms with Gasteiger partial charge in [-0.3, -0.25) is 4.68 Å². The summed E-state index contributed by atoms with van der Waals surface area (Å²) in [5, 5.41) is 15.5. The fourth-order valence-electron chi connectivity index (χ4n) is 2.86. The molecule has 3 nitrogen and oxygen atoms in total. The lowest BCUT2D eigenvalue weighted by Crippen LogP contribution is -2.05. The Morgan fingerprint density at radius 1 is 1.45 bits per heavy atom. The number of aliphatic hydroxyl groups is 1. The summed E-state index contributed by atoms with van der Waals surface area (Å²) in [5.74, 6) is 0. The molecule has 1 aliphatic rings. The summed E-state index contributed by atoms with van der Waals surface area (Å²) in [6, 6.07) is 2.18. The Kier molecular flexibility index (Phi) is 3.89. The first-order chi connectivity index (χ1) is 9.56. The van der Waals surface area contributed by atoms with Gasteiger partial charge in [0.05, 0.1) is 22.5 Å². The Bertz CT molecular complexity index is 609. The van der Waals surface area contributed by atoms with Crippen LogP contribution in [-0.2, 0) is 26.3 Å². The molecular weight excluding hydrogens is 292 g/mol. The van der Waals surface area contributed by atoms with E-state index in [1.54, 1.807) is 16.0 Å². The standard InChI is InChI=1S/C15H19ClN2OS/c1-9-15(16)11(18(2)17-9)8-12(19)14-7-10-5-3-4-6-13(10)20-14/h7,12,19H,3-6,8H2,1-2H3. The van der Waals surface area contributed by atoms with Crippen molar-refractivity contribution in [3.63, 3.8) is 0 Å². The Balaban J connectivity index is 1.82. The number of hydrogen-bond acceptors (Lipinski definition) is 3. The number of fused-ring (bicyclic) bond motifs is 1. The van der Waals surface area contributed by atoms with Gasteiger partial charge in [-0.05, 0) is 44.2 Å². The molecule has 0 saturated carbocycles. The highest BCUT2D eigenvalue weighted by molar-refractivity contribution is 7.12. The second-order valence-electron chi connectivity index (χ2n) is 5.49. The normalized spacial score (nSPS) is 16.2. The maximum atomic E-state index is 10.5. The van der Waals surface area contributed by atoms with Gasteiger partial charge >= 0.3 is 0 Å². The Morgan fingerprint density at radius 2 is 2.20 bits per heavy atom. The number of aromatic nitrogens is 2. The van der Waals surface area contributed by atoms with E-state index in [4.69, 9.17) is 11.6 Å². The molecule has 0 bridgehead atoms. The number of rotatable bonds is 3. The number of hydrogen-bond donors (Lipinski definition) is 1. The van der Waals surface area contributed by atoms with Crippen molar-refractivity contribution in [1.82, 2.24) is 9.78 Å². The minimum absolute atomic E-state index is 0.488. The number of thiophene rings is 1. The van der Waals surface area contributed by atoms with Gasteiger partial charge in [0, 0.05) is 23.2 Å². The molecule has 20 heavy (non-hydrogen) atoms. The quantitative estimate of drug-likeness (QED) is 0.940. The Labute approximate surface area is 128 Å². The van der Waals surface area contributed by atoms with E-state index in [0.29, 0.717) is 11.4 Å². The number of aryl methyl sites for hydroxylation is 4. The molecule has 1 atom stereocenters. The van der Waals surface area contributed by atoms with Crippen LogP contribution in [0.5, 0.6) is 0 Å². The molecule has 0 radical (unpaired) electrons. The third kappa shape index (κ3) is 2.52. The number of nitrogens with zero attached hydrogens (tertiary/aromatic N) is 2. The second kappa shape index (κ2) is 5.51. The van der Waals surface area contributed by atoms with Crippen LogP contribution in [0.3, 0.4) is 0 Å². The van der Waals surface area contributed by atoms with E-state index in [-0.39, 0.29) is 0 Å². The fourth-order valence-corrected chi connectivity index (χ4v) is 4.34. The first-order valence-electron chi connectivity index (χ1n) is 7.03. The fraction of sp³-hybridized carbons (Fsp3) is 0.533. The van der Waals surface area contributed by atoms with Gasteiger partial charge in [-0.25, -0.2) is 0 Å². The molecule has 3 rings (SSSR count). The molecule has 2 aromatic heterocycles. The zero-order chi connectivity index (χ0) is 14.3. The van der Waals surface area contributed by atoms with E-state index in [0.717, 1.165) is 29.1 Å². The maximum Gasteiger partial charge on any atom is 0.0937 e. The molecule has 1 unspecified atom stereocenters. The van der Waals surface area contributed by atoms with Gasteiger partial charge in [0.1, 0.15) is 0 Å². The monoisotopic (exact) mass is 310 g/mol. The van der Waals surface area contributed by atoms with Crippen molar-refractivity contribution in [3.05, 3.63) is 37.8 Å². The maximum absolute atomic E-state index is 10.5. The lowest BCUT2D eigenvalue weighted by Gasteiger charge is -2.09. The smallest absolute Gasteiger partial charge is 0.0937 e. The number of halogens is 1. The lowest BCUT2D eigenvalue weighted by atomic mass is 9.98. The van der Waals surface area contributed by atoms with Crippen LogP contribution in [0.1, 0.15) is 45.7 Å². The molecule has 2 heterocycles. The minimum Gasteiger partial charge on any atom is -0.387 e. The molecule has 0 aliphatic heterocycles. The van der Waals surface area contributed by atoms with E-state index in [1.807, 2.05) is 14.0 Å². The Hall–Kier alpha value is -0.840. The Morgan fingerprint density at radius 3 is 2.85 bits per heavy atom. The molecule has 0 saturated heterocycles. The molecule has 5 heteroatoms. The molecule has 0 fully saturated rings. The van der Waals surface area contributed by atoms with Crippen molar-refractivity contribution in [2.24, 2.45) is 7.05 Å². The van der Waals surface area contributed by atoms with Crippen molar-refractivity contribution in [2.45, 2.75) is 45.1 Å². The SMILES string of the molecule is Cc1nn(C)c(CC(O)c2cc3c(s2)CCCC3)c1Cl. The molecule has 0 spiro atoms. The highest BCUT2D eigenvalue weighted by atomic mass is 35.5. The van der Waals surface area contributed by atoms with Crippen LogP contribution >= 0.6 is 22.9 Å². The molecular formula is C15H19ClN2OS. The van der Waals surface area contributed by atoms with E-state index in [2.05, 4.69) is 11.2 Å². The topological polar surface area (TPSA) is 38.0 Å². The highest BCUT2D eigenvalue weighted by Crippen LogP contribution is 2.35. The van der Waals surface area contributed by atoms with E-state index >= 15 is 0 Å². The van der Waals surface area contributed by atoms with Gasteiger partial charge in [0.25, 0.3) is 0 Å². The summed E-state index contributed by atoms with van der Waals surface area (Å²) in [6.45, 7) is 1.89. The van der Waals surface area contributed by atoms with Gasteiger partial charge in [-0.1, -0.05) is 11.6 Å². The summed E-state index contributed by atoms with van der Waals surface area (Å²) in [7, 11) is 1.88. The molecule has 0 amide bonds. The first kappa shape index (κ1) is 14.1. The largest absolute Gasteiger partial charge is 0.387 e. The van der Waals surface area contributed by atoms with Crippen molar-refractivity contribution in [2.75, 3.05) is 0 Å². The van der Waals surface area contributed by atoms with Gasteiger partial charge in [0.2, 0.25) is 0 Å². The summed E-state index contributed by atoms with van der Waals surface area (Å²) in [6.07, 6.45) is 4.90. The van der Waals surface area contributed by atoms with E-state index in [1.165, 1.54) is 23.3 Å². The predicted molar refractivity (Wildman–Crippen MR) is 82.6 cm³/mol. The number of aliphatic hydroxyl groups excluding tert-OH is 1. The van der Waals surface area contributed by atoms with Crippen molar-refractivity contribution >= 4 is 22.9 Å². The van der Waals surface area contributed by atoms with Crippen LogP contribution in [0.25, 0.3) is 0 Å². The zero-order valence-corrected chi connectivity index (χ0v) is 13.4. The zero-order valence-electron chi connectivity index (χ0n) is 11.8. The molecule has 1 N–H and O–H groups in total. The minimum atomic E-state index is -0.488. The van der Waals surface area contributed by atoms with E-state index < -0.39 is 6.10 Å². The predicted octanol–water partition coefficient (Wildman–Crippen LogP) is 3.60. The third-order valence-electron chi connectivity index (χ3n) is 3.99. The summed E-state index contributed by atoms with van der Waals surface area (Å²) >= 11 is 8.01. The van der Waals surface area contributed by atoms with Crippen LogP contribution in [0, 0.1) is 6.92 Å². The van der Waals surface area contributed by atoms with Crippen LogP contribution in [0.15, 0.2) is 6.07 Å². The molecule has 0 aromatic carbocycles. The average Bonchev–Trinajstić information content (AvgIpc) is 2.95. The summed E-state index contributed by atoms with van der Waals surface area (Å²) in [4.78, 5) is 2.52. The van der Waals surface area contributed by atoms with Crippen molar-refractivity contribution in [1.29, 1.82) is 0 Å².